The zero-order chi connectivity index (χ0) is 33.8. The zero-order valence-electron chi connectivity index (χ0n) is 27.6. The number of ketones is 1. The molecule has 3 aromatic rings. The molecule has 2 aliphatic rings. The van der Waals surface area contributed by atoms with Crippen LogP contribution >= 0.6 is 0 Å². The van der Waals surface area contributed by atoms with Crippen LogP contribution in [0.2, 0.25) is 0 Å². The van der Waals surface area contributed by atoms with E-state index in [2.05, 4.69) is 31.1 Å². The Morgan fingerprint density at radius 3 is 2.51 bits per heavy atom. The topological polar surface area (TPSA) is 161 Å². The minimum atomic E-state index is -0.663. The zero-order valence-corrected chi connectivity index (χ0v) is 27.6. The largest absolute Gasteiger partial charge is 0.440 e. The number of aromatic nitrogens is 4. The molecule has 1 aliphatic carbocycles. The van der Waals surface area contributed by atoms with E-state index in [0.29, 0.717) is 34.1 Å². The van der Waals surface area contributed by atoms with Gasteiger partial charge in [-0.15, -0.1) is 15.0 Å². The highest BCUT2D eigenvalue weighted by molar-refractivity contribution is 6.17. The van der Waals surface area contributed by atoms with E-state index in [0.717, 1.165) is 29.1 Å². The first-order chi connectivity index (χ1) is 22.3. The number of rotatable bonds is 11. The number of benzene rings is 2. The Morgan fingerprint density at radius 1 is 1.02 bits per heavy atom. The van der Waals surface area contributed by atoms with Gasteiger partial charge in [-0.3, -0.25) is 14.4 Å². The molecule has 0 saturated heterocycles. The average Bonchev–Trinajstić information content (AvgIpc) is 3.69. The van der Waals surface area contributed by atoms with Crippen molar-refractivity contribution in [3.8, 4) is 11.4 Å². The number of ether oxygens (including phenoxy) is 1. The maximum Gasteiger partial charge on any atom is 0.342 e. The van der Waals surface area contributed by atoms with Crippen LogP contribution in [0.3, 0.4) is 0 Å². The van der Waals surface area contributed by atoms with E-state index in [9.17, 15) is 19.2 Å². The molecule has 2 aromatic carbocycles. The summed E-state index contributed by atoms with van der Waals surface area (Å²) in [6.07, 6.45) is 5.57. The van der Waals surface area contributed by atoms with Crippen LogP contribution in [0.5, 0.6) is 0 Å². The number of hydrazone groups is 1. The fourth-order valence-corrected chi connectivity index (χ4v) is 5.77. The second-order valence-electron chi connectivity index (χ2n) is 13.8. The average molecular weight is 643 g/mol. The summed E-state index contributed by atoms with van der Waals surface area (Å²) >= 11 is 0. The molecular formula is C34H42N8O5. The molecular weight excluding hydrogens is 600 g/mol. The highest BCUT2D eigenvalue weighted by atomic mass is 16.5. The molecule has 47 heavy (non-hydrogen) atoms. The number of carbonyl (C=O) groups excluding carboxylic acids is 4. The summed E-state index contributed by atoms with van der Waals surface area (Å²) in [4.78, 5) is 53.3. The maximum absolute atomic E-state index is 13.6. The summed E-state index contributed by atoms with van der Waals surface area (Å²) < 4.78 is 5.24. The predicted molar refractivity (Wildman–Crippen MR) is 176 cm³/mol. The third-order valence-electron chi connectivity index (χ3n) is 8.39. The van der Waals surface area contributed by atoms with Gasteiger partial charge in [0, 0.05) is 22.2 Å². The normalized spacial score (nSPS) is 15.4. The number of anilines is 2. The molecule has 0 atom stereocenters. The van der Waals surface area contributed by atoms with E-state index in [1.807, 2.05) is 26.0 Å². The number of nitrogens with one attached hydrogen (secondary N) is 2. The fourth-order valence-electron chi connectivity index (χ4n) is 5.77. The van der Waals surface area contributed by atoms with Crippen molar-refractivity contribution < 1.29 is 23.9 Å². The summed E-state index contributed by atoms with van der Waals surface area (Å²) in [5, 5.41) is 23.5. The molecule has 5 rings (SSSR count). The predicted octanol–water partition coefficient (Wildman–Crippen LogP) is 5.64. The standard InChI is InChI=1S/C34H42N8O5/c1-33(2,3)31(45)47-21-42-39-30(37-40-42)23-13-10-14-24(17-23)35-29(44)20-41-32(46)36-26-16-9-8-15-25(26)27(38-41)18-28(43)34(4,5)19-22-11-6-7-12-22/h8-10,13-17,22H,6-7,11-12,18-21H2,1-5H3,(H,35,44)(H,36,46). The first-order valence-corrected chi connectivity index (χ1v) is 15.9. The molecule has 2 heterocycles. The molecule has 1 saturated carbocycles. The van der Waals surface area contributed by atoms with Gasteiger partial charge in [-0.2, -0.15) is 5.10 Å². The Hall–Kier alpha value is -4.94. The number of Topliss-reactive ketones (excluding diaryl/α,β-unsaturated/α-hetero) is 1. The lowest BCUT2D eigenvalue weighted by Crippen LogP contribution is -2.37. The van der Waals surface area contributed by atoms with Gasteiger partial charge in [-0.25, -0.2) is 9.80 Å². The van der Waals surface area contributed by atoms with Crippen LogP contribution in [-0.4, -0.2) is 61.2 Å². The van der Waals surface area contributed by atoms with Crippen LogP contribution in [-0.2, 0) is 25.9 Å². The van der Waals surface area contributed by atoms with Crippen molar-refractivity contribution in [2.24, 2.45) is 21.8 Å². The van der Waals surface area contributed by atoms with Crippen molar-refractivity contribution >= 4 is 40.8 Å². The Labute approximate surface area is 274 Å². The molecule has 1 aromatic heterocycles. The third-order valence-corrected chi connectivity index (χ3v) is 8.39. The monoisotopic (exact) mass is 642 g/mol. The molecule has 0 radical (unpaired) electrons. The third kappa shape index (κ3) is 8.46. The molecule has 0 unspecified atom stereocenters. The number of para-hydroxylation sites is 1. The van der Waals surface area contributed by atoms with Crippen LogP contribution in [0.25, 0.3) is 11.4 Å². The molecule has 13 heteroatoms. The molecule has 1 fully saturated rings. The highest BCUT2D eigenvalue weighted by Gasteiger charge is 2.34. The Kier molecular flexibility index (Phi) is 9.83. The molecule has 1 aliphatic heterocycles. The van der Waals surface area contributed by atoms with Gasteiger partial charge in [0.1, 0.15) is 12.3 Å². The number of fused-ring (bicyclic) bond motifs is 1. The lowest BCUT2D eigenvalue weighted by Gasteiger charge is -2.27. The summed E-state index contributed by atoms with van der Waals surface area (Å²) in [5.41, 5.74) is 1.41. The number of amides is 3. The lowest BCUT2D eigenvalue weighted by atomic mass is 9.76. The van der Waals surface area contributed by atoms with Gasteiger partial charge >= 0.3 is 12.0 Å². The quantitative estimate of drug-likeness (QED) is 0.254. The highest BCUT2D eigenvalue weighted by Crippen LogP contribution is 2.37. The number of esters is 1. The van der Waals surface area contributed by atoms with Crippen LogP contribution in [0, 0.1) is 16.7 Å². The van der Waals surface area contributed by atoms with E-state index in [1.165, 1.54) is 12.8 Å². The minimum absolute atomic E-state index is 0.0367. The number of carbonyl (C=O) groups is 4. The Morgan fingerprint density at radius 2 is 1.77 bits per heavy atom. The molecule has 2 N–H and O–H groups in total. The first-order valence-electron chi connectivity index (χ1n) is 15.9. The SMILES string of the molecule is CC(C)(C)C(=O)OCn1nnc(-c2cccc(NC(=O)CN3N=C(CC(=O)C(C)(C)CC4CCCC4)c4ccccc4NC3=O)c2)n1. The Balaban J connectivity index is 1.27. The Bertz CT molecular complexity index is 1680. The summed E-state index contributed by atoms with van der Waals surface area (Å²) in [6.45, 7) is 8.64. The molecule has 248 valence electrons. The summed E-state index contributed by atoms with van der Waals surface area (Å²) in [7, 11) is 0. The second kappa shape index (κ2) is 13.8. The van der Waals surface area contributed by atoms with Crippen LogP contribution in [0.4, 0.5) is 16.2 Å². The molecule has 3 amide bonds. The van der Waals surface area contributed by atoms with Gasteiger partial charge in [0.25, 0.3) is 0 Å². The molecule has 0 spiro atoms. The van der Waals surface area contributed by atoms with Crippen LogP contribution < -0.4 is 10.6 Å². The van der Waals surface area contributed by atoms with Gasteiger partial charge in [0.05, 0.1) is 23.2 Å². The van der Waals surface area contributed by atoms with Gasteiger partial charge in [-0.1, -0.05) is 69.9 Å². The van der Waals surface area contributed by atoms with Crippen molar-refractivity contribution in [3.05, 3.63) is 54.1 Å². The fraction of sp³-hybridized carbons (Fsp3) is 0.471. The smallest absolute Gasteiger partial charge is 0.342 e. The number of urea groups is 1. The number of tetrazole rings is 1. The van der Waals surface area contributed by atoms with E-state index in [1.54, 1.807) is 57.2 Å². The summed E-state index contributed by atoms with van der Waals surface area (Å²) in [6, 6.07) is 13.4. The van der Waals surface area contributed by atoms with Crippen molar-refractivity contribution in [2.75, 3.05) is 17.2 Å². The second-order valence-corrected chi connectivity index (χ2v) is 13.8. The minimum Gasteiger partial charge on any atom is -0.440 e. The number of hydrogen-bond donors (Lipinski definition) is 2. The van der Waals surface area contributed by atoms with Gasteiger partial charge in [0.15, 0.2) is 0 Å². The van der Waals surface area contributed by atoms with E-state index in [-0.39, 0.29) is 31.3 Å². The van der Waals surface area contributed by atoms with Gasteiger partial charge in [0.2, 0.25) is 18.5 Å². The number of nitrogens with zero attached hydrogens (tertiary/aromatic N) is 6. The van der Waals surface area contributed by atoms with E-state index < -0.39 is 28.7 Å². The van der Waals surface area contributed by atoms with Crippen molar-refractivity contribution in [2.45, 2.75) is 79.9 Å². The van der Waals surface area contributed by atoms with Gasteiger partial charge in [-0.05, 0) is 56.5 Å². The maximum atomic E-state index is 13.6. The van der Waals surface area contributed by atoms with Crippen molar-refractivity contribution in [1.29, 1.82) is 0 Å². The van der Waals surface area contributed by atoms with Crippen LogP contribution in [0.1, 0.15) is 78.7 Å². The van der Waals surface area contributed by atoms with E-state index >= 15 is 0 Å². The van der Waals surface area contributed by atoms with Gasteiger partial charge < -0.3 is 15.4 Å². The molecule has 0 bridgehead atoms. The first kappa shape index (κ1) is 33.4. The van der Waals surface area contributed by atoms with Crippen molar-refractivity contribution in [1.82, 2.24) is 25.2 Å². The molecule has 13 nitrogen and oxygen atoms in total. The summed E-state index contributed by atoms with van der Waals surface area (Å²) in [5.74, 6) is -0.0296. The van der Waals surface area contributed by atoms with Crippen LogP contribution in [0.15, 0.2) is 53.6 Å². The number of hydrogen-bond acceptors (Lipinski definition) is 9. The van der Waals surface area contributed by atoms with E-state index in [4.69, 9.17) is 4.74 Å². The lowest BCUT2D eigenvalue weighted by molar-refractivity contribution is -0.158. The van der Waals surface area contributed by atoms with Crippen molar-refractivity contribution in [3.63, 3.8) is 0 Å².